The minimum Gasteiger partial charge on any atom is -0.341 e. The van der Waals surface area contributed by atoms with E-state index in [0.717, 1.165) is 31.2 Å². The third-order valence-electron chi connectivity index (χ3n) is 5.66. The third kappa shape index (κ3) is 4.59. The number of halogens is 1. The molecular weight excluding hydrogens is 408 g/mol. The fraction of sp³-hybridized carbons (Fsp3) is 0.409. The second-order valence-corrected chi connectivity index (χ2v) is 9.92. The van der Waals surface area contributed by atoms with Crippen LogP contribution in [0.5, 0.6) is 0 Å². The van der Waals surface area contributed by atoms with Crippen LogP contribution in [0.25, 0.3) is 0 Å². The lowest BCUT2D eigenvalue weighted by Crippen LogP contribution is -2.44. The number of nitrogens with zero attached hydrogens (tertiary/aromatic N) is 2. The largest absolute Gasteiger partial charge is 0.341 e. The van der Waals surface area contributed by atoms with Crippen molar-refractivity contribution in [3.05, 3.63) is 58.6 Å². The van der Waals surface area contributed by atoms with Gasteiger partial charge in [0, 0.05) is 18.1 Å². The highest BCUT2D eigenvalue weighted by Gasteiger charge is 2.31. The Morgan fingerprint density at radius 1 is 1.07 bits per heavy atom. The van der Waals surface area contributed by atoms with Crippen molar-refractivity contribution in [2.75, 3.05) is 17.9 Å². The van der Waals surface area contributed by atoms with Crippen molar-refractivity contribution in [2.24, 2.45) is 0 Å². The zero-order valence-corrected chi connectivity index (χ0v) is 18.6. The molecule has 0 bridgehead atoms. The van der Waals surface area contributed by atoms with Gasteiger partial charge in [0.05, 0.1) is 10.6 Å². The minimum atomic E-state index is -3.94. The van der Waals surface area contributed by atoms with Gasteiger partial charge in [0.1, 0.15) is 6.54 Å². The fourth-order valence-corrected chi connectivity index (χ4v) is 5.37. The van der Waals surface area contributed by atoms with Crippen LogP contribution in [0.3, 0.4) is 0 Å². The lowest BCUT2D eigenvalue weighted by atomic mass is 10.2. The van der Waals surface area contributed by atoms with E-state index in [-0.39, 0.29) is 23.4 Å². The molecule has 156 valence electrons. The first-order chi connectivity index (χ1) is 13.7. The molecule has 0 aromatic heterocycles. The predicted molar refractivity (Wildman–Crippen MR) is 117 cm³/mol. The molecule has 0 saturated heterocycles. The van der Waals surface area contributed by atoms with Gasteiger partial charge in [-0.15, -0.1) is 0 Å². The van der Waals surface area contributed by atoms with Crippen LogP contribution >= 0.6 is 11.6 Å². The average molecular weight is 435 g/mol. The van der Waals surface area contributed by atoms with E-state index in [1.54, 1.807) is 61.3 Å². The highest BCUT2D eigenvalue weighted by atomic mass is 35.5. The molecule has 0 atom stereocenters. The first kappa shape index (κ1) is 21.7. The predicted octanol–water partition coefficient (Wildman–Crippen LogP) is 4.55. The van der Waals surface area contributed by atoms with Gasteiger partial charge in [-0.25, -0.2) is 8.42 Å². The van der Waals surface area contributed by atoms with Gasteiger partial charge < -0.3 is 4.90 Å². The summed E-state index contributed by atoms with van der Waals surface area (Å²) in [5, 5.41) is 0.461. The molecule has 0 spiro atoms. The Balaban J connectivity index is 2.01. The Morgan fingerprint density at radius 2 is 1.69 bits per heavy atom. The van der Waals surface area contributed by atoms with Crippen molar-refractivity contribution in [2.45, 2.75) is 50.5 Å². The van der Waals surface area contributed by atoms with Crippen molar-refractivity contribution in [1.29, 1.82) is 0 Å². The SMILES string of the molecule is Cc1ccc(S(=O)(=O)N(CC(=O)N(C)C2CCCC2)c2cccc(Cl)c2C)cc1. The van der Waals surface area contributed by atoms with E-state index in [1.165, 1.54) is 4.31 Å². The Labute approximate surface area is 178 Å². The van der Waals surface area contributed by atoms with Crippen LogP contribution in [-0.4, -0.2) is 38.9 Å². The summed E-state index contributed by atoms with van der Waals surface area (Å²) >= 11 is 6.26. The van der Waals surface area contributed by atoms with E-state index in [0.29, 0.717) is 16.3 Å². The summed E-state index contributed by atoms with van der Waals surface area (Å²) in [6.07, 6.45) is 4.12. The molecule has 29 heavy (non-hydrogen) atoms. The molecular formula is C22H27ClN2O3S. The molecule has 7 heteroatoms. The number of benzene rings is 2. The van der Waals surface area contributed by atoms with Crippen molar-refractivity contribution in [3.8, 4) is 0 Å². The number of carbonyl (C=O) groups is 1. The van der Waals surface area contributed by atoms with Gasteiger partial charge in [-0.2, -0.15) is 0 Å². The van der Waals surface area contributed by atoms with E-state index in [4.69, 9.17) is 11.6 Å². The van der Waals surface area contributed by atoms with Gasteiger partial charge in [-0.1, -0.05) is 48.2 Å². The van der Waals surface area contributed by atoms with Crippen LogP contribution in [0.4, 0.5) is 5.69 Å². The van der Waals surface area contributed by atoms with Crippen molar-refractivity contribution >= 4 is 33.2 Å². The van der Waals surface area contributed by atoms with Crippen LogP contribution in [-0.2, 0) is 14.8 Å². The van der Waals surface area contributed by atoms with Crippen LogP contribution in [0, 0.1) is 13.8 Å². The van der Waals surface area contributed by atoms with Gasteiger partial charge in [-0.05, 0) is 56.5 Å². The van der Waals surface area contributed by atoms with Gasteiger partial charge >= 0.3 is 0 Å². The number of carbonyl (C=O) groups excluding carboxylic acids is 1. The Kier molecular flexibility index (Phi) is 6.54. The molecule has 2 aromatic carbocycles. The lowest BCUT2D eigenvalue weighted by Gasteiger charge is -2.30. The van der Waals surface area contributed by atoms with Crippen LogP contribution in [0.1, 0.15) is 36.8 Å². The van der Waals surface area contributed by atoms with Gasteiger partial charge in [0.2, 0.25) is 5.91 Å². The minimum absolute atomic E-state index is 0.152. The van der Waals surface area contributed by atoms with E-state index in [1.807, 2.05) is 6.92 Å². The third-order valence-corrected chi connectivity index (χ3v) is 7.84. The van der Waals surface area contributed by atoms with Gasteiger partial charge in [-0.3, -0.25) is 9.10 Å². The number of sulfonamides is 1. The molecule has 1 amide bonds. The van der Waals surface area contributed by atoms with Crippen molar-refractivity contribution in [1.82, 2.24) is 4.90 Å². The smallest absolute Gasteiger partial charge is 0.264 e. The van der Waals surface area contributed by atoms with Crippen molar-refractivity contribution < 1.29 is 13.2 Å². The summed E-state index contributed by atoms with van der Waals surface area (Å²) < 4.78 is 28.2. The van der Waals surface area contributed by atoms with E-state index in [2.05, 4.69) is 0 Å². The molecule has 0 N–H and O–H groups in total. The Morgan fingerprint density at radius 3 is 2.31 bits per heavy atom. The number of hydrogen-bond donors (Lipinski definition) is 0. The summed E-state index contributed by atoms with van der Waals surface area (Å²) in [6.45, 7) is 3.40. The highest BCUT2D eigenvalue weighted by molar-refractivity contribution is 7.92. The quantitative estimate of drug-likeness (QED) is 0.669. The highest BCUT2D eigenvalue weighted by Crippen LogP contribution is 2.31. The maximum Gasteiger partial charge on any atom is 0.264 e. The average Bonchev–Trinajstić information content (AvgIpc) is 3.23. The summed E-state index contributed by atoms with van der Waals surface area (Å²) in [6, 6.07) is 11.9. The summed E-state index contributed by atoms with van der Waals surface area (Å²) in [5.41, 5.74) is 2.01. The second-order valence-electron chi connectivity index (χ2n) is 7.65. The number of amides is 1. The molecule has 0 heterocycles. The second kappa shape index (κ2) is 8.76. The van der Waals surface area contributed by atoms with Crippen LogP contribution in [0.15, 0.2) is 47.4 Å². The zero-order valence-electron chi connectivity index (χ0n) is 17.1. The Hall–Kier alpha value is -2.05. The fourth-order valence-electron chi connectivity index (χ4n) is 3.73. The molecule has 0 aliphatic heterocycles. The molecule has 2 aromatic rings. The van der Waals surface area contributed by atoms with Crippen LogP contribution in [0.2, 0.25) is 5.02 Å². The Bertz CT molecular complexity index is 984. The number of likely N-dealkylation sites (N-methyl/N-ethyl adjacent to an activating group) is 1. The van der Waals surface area contributed by atoms with Gasteiger partial charge in [0.15, 0.2) is 0 Å². The molecule has 0 unspecified atom stereocenters. The number of anilines is 1. The number of rotatable bonds is 6. The van der Waals surface area contributed by atoms with E-state index >= 15 is 0 Å². The van der Waals surface area contributed by atoms with E-state index in [9.17, 15) is 13.2 Å². The molecule has 1 fully saturated rings. The topological polar surface area (TPSA) is 57.7 Å². The molecule has 1 aliphatic carbocycles. The first-order valence-electron chi connectivity index (χ1n) is 9.82. The molecule has 0 radical (unpaired) electrons. The van der Waals surface area contributed by atoms with Crippen LogP contribution < -0.4 is 4.31 Å². The summed E-state index contributed by atoms with van der Waals surface area (Å²) in [4.78, 5) is 14.9. The maximum absolute atomic E-state index is 13.5. The summed E-state index contributed by atoms with van der Waals surface area (Å²) in [5.74, 6) is -0.216. The van der Waals surface area contributed by atoms with Gasteiger partial charge in [0.25, 0.3) is 10.0 Å². The zero-order chi connectivity index (χ0) is 21.2. The lowest BCUT2D eigenvalue weighted by molar-refractivity contribution is -0.130. The number of hydrogen-bond acceptors (Lipinski definition) is 3. The normalized spacial score (nSPS) is 14.8. The molecule has 1 saturated carbocycles. The number of aryl methyl sites for hydroxylation is 1. The maximum atomic E-state index is 13.5. The van der Waals surface area contributed by atoms with Crippen molar-refractivity contribution in [3.63, 3.8) is 0 Å². The summed E-state index contributed by atoms with van der Waals surface area (Å²) in [7, 11) is -2.17. The molecule has 3 rings (SSSR count). The first-order valence-corrected chi connectivity index (χ1v) is 11.6. The standard InChI is InChI=1S/C22H27ClN2O3S/c1-16-11-13-19(14-12-16)29(27,28)25(21-10-6-9-20(23)17(21)2)15-22(26)24(3)18-7-4-5-8-18/h6,9-14,18H,4-5,7-8,15H2,1-3H3. The monoisotopic (exact) mass is 434 g/mol. The van der Waals surface area contributed by atoms with E-state index < -0.39 is 10.0 Å². The molecule has 1 aliphatic rings. The molecule has 5 nitrogen and oxygen atoms in total.